The van der Waals surface area contributed by atoms with E-state index in [1.165, 1.54) is 37.7 Å². The van der Waals surface area contributed by atoms with Crippen molar-refractivity contribution in [2.24, 2.45) is 0 Å². The molecule has 0 radical (unpaired) electrons. The van der Waals surface area contributed by atoms with Crippen molar-refractivity contribution in [1.82, 2.24) is 0 Å². The fourth-order valence-corrected chi connectivity index (χ4v) is 5.82. The highest BCUT2D eigenvalue weighted by molar-refractivity contribution is 5.31. The minimum Gasteiger partial charge on any atom is -0.491 e. The topological polar surface area (TPSA) is 177 Å². The van der Waals surface area contributed by atoms with Gasteiger partial charge in [-0.25, -0.2) is 0 Å². The van der Waals surface area contributed by atoms with Gasteiger partial charge in [0.1, 0.15) is 12.4 Å². The second kappa shape index (κ2) is 52.2. The predicted molar refractivity (Wildman–Crippen MR) is 254 cm³/mol. The minimum absolute atomic E-state index is 0.0210. The molecule has 0 aliphatic rings. The molecule has 0 atom stereocenters. The molecule has 18 nitrogen and oxygen atoms in total. The Bertz CT molecular complexity index is 1090. The van der Waals surface area contributed by atoms with E-state index in [1.807, 2.05) is 0 Å². The van der Waals surface area contributed by atoms with Crippen LogP contribution in [-0.4, -0.2) is 230 Å². The lowest BCUT2D eigenvalue weighted by molar-refractivity contribution is -0.0306. The Morgan fingerprint density at radius 1 is 0.313 bits per heavy atom. The average molecular weight is 969 g/mol. The zero-order chi connectivity index (χ0) is 48.1. The number of aliphatic hydroxyl groups excluding tert-OH is 1. The van der Waals surface area contributed by atoms with E-state index in [-0.39, 0.29) is 12.0 Å². The molecule has 0 unspecified atom stereocenters. The number of unbranched alkanes of at least 4 members (excludes halogenated alkanes) is 3. The molecule has 0 heterocycles. The average Bonchev–Trinajstić information content (AvgIpc) is 3.33. The number of ether oxygens (including phenoxy) is 17. The third kappa shape index (κ3) is 46.5. The van der Waals surface area contributed by atoms with Gasteiger partial charge in [0.05, 0.1) is 218 Å². The molecule has 1 aromatic carbocycles. The summed E-state index contributed by atoms with van der Waals surface area (Å²) in [7, 11) is 0. The van der Waals surface area contributed by atoms with E-state index in [1.54, 1.807) is 0 Å². The van der Waals surface area contributed by atoms with Crippen LogP contribution in [0.3, 0.4) is 0 Å². The lowest BCUT2D eigenvalue weighted by atomic mass is 9.80. The highest BCUT2D eigenvalue weighted by Gasteiger charge is 2.20. The predicted octanol–water partition coefficient (Wildman–Crippen LogP) is 4.57. The Morgan fingerprint density at radius 2 is 0.552 bits per heavy atom. The lowest BCUT2D eigenvalue weighted by Crippen LogP contribution is -2.17. The summed E-state index contributed by atoms with van der Waals surface area (Å²) in [5.41, 5.74) is 1.54. The Labute approximate surface area is 403 Å². The zero-order valence-corrected chi connectivity index (χ0v) is 41.8. The molecule has 0 saturated carbocycles. The van der Waals surface area contributed by atoms with E-state index >= 15 is 0 Å². The molecule has 0 fully saturated rings. The molecule has 1 aromatic rings. The number of rotatable bonds is 57. The quantitative estimate of drug-likeness (QED) is 0.0898. The van der Waals surface area contributed by atoms with Gasteiger partial charge in [0.15, 0.2) is 0 Å². The molecule has 18 heteroatoms. The van der Waals surface area contributed by atoms with Gasteiger partial charge in [-0.3, -0.25) is 0 Å². The summed E-state index contributed by atoms with van der Waals surface area (Å²) in [5, 5.41) is 8.60. The standard InChI is InChI=1S/C49H92O18/c1-4-5-6-7-12-49(2,3)47-8-10-48(11-9-47)67-46-45-66-44-43-65-42-41-64-40-39-63-38-37-62-36-35-61-34-33-60-32-31-59-30-29-58-28-27-57-26-25-56-24-23-55-22-21-54-20-19-53-18-17-52-16-15-51-14-13-50/h8-11,50H,4-7,12-46H2,1-3H3. The summed E-state index contributed by atoms with van der Waals surface area (Å²) in [5.74, 6) is 0.871. The fourth-order valence-electron chi connectivity index (χ4n) is 5.82. The van der Waals surface area contributed by atoms with Crippen LogP contribution in [0.5, 0.6) is 5.75 Å². The monoisotopic (exact) mass is 969 g/mol. The molecule has 1 rings (SSSR count). The summed E-state index contributed by atoms with van der Waals surface area (Å²) in [6, 6.07) is 8.49. The molecule has 0 aliphatic carbocycles. The molecule has 0 amide bonds. The first kappa shape index (κ1) is 63.4. The molecule has 0 saturated heterocycles. The van der Waals surface area contributed by atoms with Gasteiger partial charge in [-0.2, -0.15) is 0 Å². The first-order chi connectivity index (χ1) is 33.1. The van der Waals surface area contributed by atoms with Gasteiger partial charge in [0.25, 0.3) is 0 Å². The molecular weight excluding hydrogens is 877 g/mol. The molecule has 396 valence electrons. The van der Waals surface area contributed by atoms with E-state index in [4.69, 9.17) is 85.6 Å². The van der Waals surface area contributed by atoms with Crippen molar-refractivity contribution < 1.29 is 85.6 Å². The minimum atomic E-state index is 0.0210. The van der Waals surface area contributed by atoms with Crippen LogP contribution in [0.2, 0.25) is 0 Å². The van der Waals surface area contributed by atoms with Crippen molar-refractivity contribution in [2.75, 3.05) is 225 Å². The van der Waals surface area contributed by atoms with Crippen LogP contribution in [-0.2, 0) is 81.2 Å². The molecule has 0 spiro atoms. The van der Waals surface area contributed by atoms with Gasteiger partial charge in [-0.05, 0) is 29.5 Å². The highest BCUT2D eigenvalue weighted by atomic mass is 16.6. The molecule has 0 aromatic heterocycles. The number of hydrogen-bond donors (Lipinski definition) is 1. The Hall–Kier alpha value is -1.66. The lowest BCUT2D eigenvalue weighted by Gasteiger charge is -2.25. The summed E-state index contributed by atoms with van der Waals surface area (Å²) in [6.45, 7) is 23.2. The zero-order valence-electron chi connectivity index (χ0n) is 41.8. The maximum atomic E-state index is 8.60. The van der Waals surface area contributed by atoms with E-state index in [0.717, 1.165) is 5.75 Å². The highest BCUT2D eigenvalue weighted by Crippen LogP contribution is 2.30. The number of hydrogen-bond acceptors (Lipinski definition) is 18. The first-order valence-corrected chi connectivity index (χ1v) is 24.7. The van der Waals surface area contributed by atoms with Gasteiger partial charge in [0.2, 0.25) is 0 Å². The largest absolute Gasteiger partial charge is 0.491 e. The van der Waals surface area contributed by atoms with Gasteiger partial charge < -0.3 is 85.6 Å². The Kier molecular flexibility index (Phi) is 49.3. The SMILES string of the molecule is CCCCCCC(C)(C)c1ccc(OCCOCCOCCOCCOCCOCCOCCOCCOCCOCCOCCOCCOCCOCCOCCOCCOCCO)cc1. The summed E-state index contributed by atoms with van der Waals surface area (Å²) in [6.07, 6.45) is 6.37. The molecular formula is C49H92O18. The van der Waals surface area contributed by atoms with Crippen molar-refractivity contribution >= 4 is 0 Å². The van der Waals surface area contributed by atoms with Gasteiger partial charge in [-0.1, -0.05) is 58.6 Å². The fraction of sp³-hybridized carbons (Fsp3) is 0.878. The molecule has 67 heavy (non-hydrogen) atoms. The molecule has 0 bridgehead atoms. The van der Waals surface area contributed by atoms with Gasteiger partial charge in [-0.15, -0.1) is 0 Å². The smallest absolute Gasteiger partial charge is 0.119 e. The number of aliphatic hydroxyl groups is 1. The maximum absolute atomic E-state index is 8.60. The normalized spacial score (nSPS) is 11.9. The van der Waals surface area contributed by atoms with Gasteiger partial charge >= 0.3 is 0 Å². The van der Waals surface area contributed by atoms with E-state index in [0.29, 0.717) is 218 Å². The van der Waals surface area contributed by atoms with Crippen LogP contribution in [0.25, 0.3) is 0 Å². The summed E-state index contributed by atoms with van der Waals surface area (Å²) >= 11 is 0. The second-order valence-corrected chi connectivity index (χ2v) is 15.6. The van der Waals surface area contributed by atoms with Crippen LogP contribution >= 0.6 is 0 Å². The third-order valence-corrected chi connectivity index (χ3v) is 9.60. The second-order valence-electron chi connectivity index (χ2n) is 15.6. The van der Waals surface area contributed by atoms with Crippen molar-refractivity contribution in [2.45, 2.75) is 58.3 Å². The van der Waals surface area contributed by atoms with E-state index in [2.05, 4.69) is 45.0 Å². The van der Waals surface area contributed by atoms with Gasteiger partial charge in [0, 0.05) is 0 Å². The van der Waals surface area contributed by atoms with Crippen LogP contribution in [0.15, 0.2) is 24.3 Å². The van der Waals surface area contributed by atoms with Crippen LogP contribution in [0.4, 0.5) is 0 Å². The Morgan fingerprint density at radius 3 is 0.791 bits per heavy atom. The first-order valence-electron chi connectivity index (χ1n) is 24.7. The number of benzene rings is 1. The van der Waals surface area contributed by atoms with E-state index in [9.17, 15) is 0 Å². The summed E-state index contributed by atoms with van der Waals surface area (Å²) in [4.78, 5) is 0. The van der Waals surface area contributed by atoms with E-state index < -0.39 is 0 Å². The van der Waals surface area contributed by atoms with Crippen LogP contribution in [0.1, 0.15) is 58.4 Å². The third-order valence-electron chi connectivity index (χ3n) is 9.60. The summed E-state index contributed by atoms with van der Waals surface area (Å²) < 4.78 is 93.5. The van der Waals surface area contributed by atoms with Crippen molar-refractivity contribution in [1.29, 1.82) is 0 Å². The molecule has 1 N–H and O–H groups in total. The van der Waals surface area contributed by atoms with Crippen molar-refractivity contribution in [3.63, 3.8) is 0 Å². The van der Waals surface area contributed by atoms with Crippen LogP contribution < -0.4 is 4.74 Å². The van der Waals surface area contributed by atoms with Crippen molar-refractivity contribution in [3.05, 3.63) is 29.8 Å². The molecule has 0 aliphatic heterocycles. The Balaban J connectivity index is 1.66. The van der Waals surface area contributed by atoms with Crippen molar-refractivity contribution in [3.8, 4) is 5.75 Å². The maximum Gasteiger partial charge on any atom is 0.119 e. The van der Waals surface area contributed by atoms with Crippen LogP contribution in [0, 0.1) is 0 Å².